The maximum atomic E-state index is 11.6. The number of hydrogen-bond donors (Lipinski definition) is 3. The van der Waals surface area contributed by atoms with Crippen molar-refractivity contribution in [2.45, 2.75) is 46.7 Å². The summed E-state index contributed by atoms with van der Waals surface area (Å²) in [4.78, 5) is 18.5. The van der Waals surface area contributed by atoms with Crippen LogP contribution in [-0.4, -0.2) is 53.9 Å². The lowest BCUT2D eigenvalue weighted by molar-refractivity contribution is -0.120. The molecule has 8 nitrogen and oxygen atoms in total. The minimum absolute atomic E-state index is 0. The Balaban J connectivity index is 0.00000363. The second kappa shape index (κ2) is 12.1. The van der Waals surface area contributed by atoms with Crippen LogP contribution in [-0.2, 0) is 24.8 Å². The number of piperazine rings is 1. The molecule has 9 heteroatoms. The third-order valence-electron chi connectivity index (χ3n) is 5.66. The Hall–Kier alpha value is -2.30. The fourth-order valence-corrected chi connectivity index (χ4v) is 3.87. The lowest BCUT2D eigenvalue weighted by Gasteiger charge is -2.28. The molecule has 1 aromatic heterocycles. The standard InChI is InChI=1S/C23H35N7O.HI/c1-6-24-23(27-16(2)13-21-17(3)28-29(5)18(21)4)26-14-19-7-9-20(10-8-19)30-12-11-25-22(31)15-30;/h7-10,16H,6,11-15H2,1-5H3,(H,25,31)(H2,24,26,27);1H. The molecule has 1 aliphatic rings. The number of anilines is 1. The van der Waals surface area contributed by atoms with E-state index in [4.69, 9.17) is 4.99 Å². The van der Waals surface area contributed by atoms with Gasteiger partial charge in [-0.1, -0.05) is 12.1 Å². The second-order valence-electron chi connectivity index (χ2n) is 8.16. The van der Waals surface area contributed by atoms with Gasteiger partial charge in [0.1, 0.15) is 0 Å². The topological polar surface area (TPSA) is 86.6 Å². The third-order valence-corrected chi connectivity index (χ3v) is 5.66. The average molecular weight is 553 g/mol. The monoisotopic (exact) mass is 553 g/mol. The first-order valence-electron chi connectivity index (χ1n) is 11.0. The van der Waals surface area contributed by atoms with Crippen LogP contribution in [0.3, 0.4) is 0 Å². The van der Waals surface area contributed by atoms with Gasteiger partial charge in [-0.05, 0) is 57.4 Å². The molecular weight excluding hydrogens is 517 g/mol. The van der Waals surface area contributed by atoms with Crippen molar-refractivity contribution < 1.29 is 4.79 Å². The van der Waals surface area contributed by atoms with Crippen molar-refractivity contribution in [3.8, 4) is 0 Å². The van der Waals surface area contributed by atoms with Gasteiger partial charge in [0.05, 0.1) is 18.8 Å². The molecule has 3 N–H and O–H groups in total. The molecule has 2 aromatic rings. The maximum Gasteiger partial charge on any atom is 0.239 e. The van der Waals surface area contributed by atoms with Crippen molar-refractivity contribution in [1.29, 1.82) is 0 Å². The highest BCUT2D eigenvalue weighted by Gasteiger charge is 2.16. The highest BCUT2D eigenvalue weighted by Crippen LogP contribution is 2.17. The van der Waals surface area contributed by atoms with Crippen LogP contribution in [0, 0.1) is 13.8 Å². The average Bonchev–Trinajstić information content (AvgIpc) is 2.98. The molecule has 32 heavy (non-hydrogen) atoms. The summed E-state index contributed by atoms with van der Waals surface area (Å²) in [6.45, 7) is 11.8. The molecular formula is C23H36IN7O. The summed E-state index contributed by atoms with van der Waals surface area (Å²) >= 11 is 0. The predicted molar refractivity (Wildman–Crippen MR) is 141 cm³/mol. The Bertz CT molecular complexity index is 923. The number of halogens is 1. The second-order valence-corrected chi connectivity index (χ2v) is 8.16. The fourth-order valence-electron chi connectivity index (χ4n) is 3.87. The van der Waals surface area contributed by atoms with Crippen LogP contribution >= 0.6 is 24.0 Å². The molecule has 1 aromatic carbocycles. The van der Waals surface area contributed by atoms with E-state index in [0.29, 0.717) is 19.6 Å². The van der Waals surface area contributed by atoms with Crippen molar-refractivity contribution >= 4 is 41.5 Å². The smallest absolute Gasteiger partial charge is 0.239 e. The number of amides is 1. The van der Waals surface area contributed by atoms with Crippen LogP contribution in [0.1, 0.15) is 36.4 Å². The molecule has 1 atom stereocenters. The summed E-state index contributed by atoms with van der Waals surface area (Å²) in [5, 5.41) is 14.2. The van der Waals surface area contributed by atoms with Crippen molar-refractivity contribution in [1.82, 2.24) is 25.7 Å². The number of hydrogen-bond acceptors (Lipinski definition) is 4. The van der Waals surface area contributed by atoms with E-state index in [1.165, 1.54) is 11.3 Å². The summed E-state index contributed by atoms with van der Waals surface area (Å²) in [6, 6.07) is 8.54. The third kappa shape index (κ3) is 6.85. The predicted octanol–water partition coefficient (Wildman–Crippen LogP) is 2.28. The van der Waals surface area contributed by atoms with E-state index in [0.717, 1.165) is 42.4 Å². The summed E-state index contributed by atoms with van der Waals surface area (Å²) in [7, 11) is 1.99. The molecule has 2 heterocycles. The van der Waals surface area contributed by atoms with Crippen molar-refractivity contribution in [3.63, 3.8) is 0 Å². The molecule has 176 valence electrons. The van der Waals surface area contributed by atoms with Gasteiger partial charge < -0.3 is 20.9 Å². The SMILES string of the molecule is CCNC(=NCc1ccc(N2CCNC(=O)C2)cc1)NC(C)Cc1c(C)nn(C)c1C.I. The first-order chi connectivity index (χ1) is 14.9. The van der Waals surface area contributed by atoms with E-state index in [1.54, 1.807) is 0 Å². The fraction of sp³-hybridized carbons (Fsp3) is 0.522. The van der Waals surface area contributed by atoms with E-state index < -0.39 is 0 Å². The number of aryl methyl sites for hydroxylation is 2. The quantitative estimate of drug-likeness (QED) is 0.279. The number of guanidine groups is 1. The first kappa shape index (κ1) is 26.0. The number of aromatic nitrogens is 2. The van der Waals surface area contributed by atoms with Crippen molar-refractivity contribution in [3.05, 3.63) is 46.8 Å². The van der Waals surface area contributed by atoms with Crippen molar-refractivity contribution in [2.24, 2.45) is 12.0 Å². The zero-order chi connectivity index (χ0) is 22.4. The highest BCUT2D eigenvalue weighted by molar-refractivity contribution is 14.0. The molecule has 0 spiro atoms. The van der Waals surface area contributed by atoms with Crippen LogP contribution in [0.25, 0.3) is 0 Å². The summed E-state index contributed by atoms with van der Waals surface area (Å²) in [5.74, 6) is 0.887. The number of benzene rings is 1. The van der Waals surface area contributed by atoms with Crippen molar-refractivity contribution in [2.75, 3.05) is 31.1 Å². The van der Waals surface area contributed by atoms with Gasteiger partial charge in [-0.2, -0.15) is 5.10 Å². The number of nitrogens with zero attached hydrogens (tertiary/aromatic N) is 4. The molecule has 1 amide bonds. The minimum atomic E-state index is 0. The zero-order valence-corrected chi connectivity index (χ0v) is 22.1. The summed E-state index contributed by atoms with van der Waals surface area (Å²) < 4.78 is 1.94. The number of carbonyl (C=O) groups excluding carboxylic acids is 1. The van der Waals surface area contributed by atoms with Gasteiger partial charge >= 0.3 is 0 Å². The summed E-state index contributed by atoms with van der Waals surface area (Å²) in [6.07, 6.45) is 0.897. The Morgan fingerprint density at radius 1 is 1.28 bits per heavy atom. The van der Waals surface area contributed by atoms with Gasteiger partial charge in [0.2, 0.25) is 5.91 Å². The largest absolute Gasteiger partial charge is 0.360 e. The lowest BCUT2D eigenvalue weighted by Crippen LogP contribution is -2.47. The van der Waals surface area contributed by atoms with E-state index in [1.807, 2.05) is 11.7 Å². The zero-order valence-electron chi connectivity index (χ0n) is 19.7. The molecule has 0 aliphatic carbocycles. The number of aliphatic imine (C=N–C) groups is 1. The van der Waals surface area contributed by atoms with Gasteiger partial charge in [0.25, 0.3) is 0 Å². The molecule has 0 bridgehead atoms. The number of rotatable bonds is 7. The molecule has 3 rings (SSSR count). The van der Waals surface area contributed by atoms with Gasteiger partial charge in [0.15, 0.2) is 5.96 Å². The molecule has 1 unspecified atom stereocenters. The minimum Gasteiger partial charge on any atom is -0.360 e. The van der Waals surface area contributed by atoms with Gasteiger partial charge in [-0.3, -0.25) is 9.48 Å². The van der Waals surface area contributed by atoms with E-state index >= 15 is 0 Å². The number of nitrogens with one attached hydrogen (secondary N) is 3. The van der Waals surface area contributed by atoms with E-state index in [-0.39, 0.29) is 35.9 Å². The summed E-state index contributed by atoms with van der Waals surface area (Å²) in [5.41, 5.74) is 5.79. The maximum absolute atomic E-state index is 11.6. The highest BCUT2D eigenvalue weighted by atomic mass is 127. The van der Waals surface area contributed by atoms with Crippen LogP contribution in [0.4, 0.5) is 5.69 Å². The van der Waals surface area contributed by atoms with Gasteiger partial charge in [-0.15, -0.1) is 24.0 Å². The van der Waals surface area contributed by atoms with Crippen LogP contribution in [0.15, 0.2) is 29.3 Å². The molecule has 0 saturated carbocycles. The normalized spacial score (nSPS) is 15.1. The number of carbonyl (C=O) groups is 1. The molecule has 1 fully saturated rings. The van der Waals surface area contributed by atoms with E-state index in [9.17, 15) is 4.79 Å². The lowest BCUT2D eigenvalue weighted by atomic mass is 10.1. The Labute approximate surface area is 208 Å². The van der Waals surface area contributed by atoms with E-state index in [2.05, 4.69) is 77.9 Å². The van der Waals surface area contributed by atoms with Gasteiger partial charge in [-0.25, -0.2) is 4.99 Å². The Morgan fingerprint density at radius 2 is 2.00 bits per heavy atom. The van der Waals surface area contributed by atoms with Gasteiger partial charge in [0, 0.05) is 44.1 Å². The van der Waals surface area contributed by atoms with Crippen LogP contribution < -0.4 is 20.9 Å². The molecule has 1 saturated heterocycles. The first-order valence-corrected chi connectivity index (χ1v) is 11.0. The molecule has 1 aliphatic heterocycles. The van der Waals surface area contributed by atoms with Crippen LogP contribution in [0.5, 0.6) is 0 Å². The van der Waals surface area contributed by atoms with Crippen LogP contribution in [0.2, 0.25) is 0 Å². The Kier molecular flexibility index (Phi) is 9.80. The Morgan fingerprint density at radius 3 is 2.59 bits per heavy atom. The molecule has 0 radical (unpaired) electrons.